The summed E-state index contributed by atoms with van der Waals surface area (Å²) in [5.74, 6) is 1.08. The molecule has 0 saturated carbocycles. The van der Waals surface area contributed by atoms with Gasteiger partial charge >= 0.3 is 0 Å². The summed E-state index contributed by atoms with van der Waals surface area (Å²) in [6, 6.07) is 8.44. The van der Waals surface area contributed by atoms with Crippen LogP contribution in [0.15, 0.2) is 24.3 Å². The first-order valence-corrected chi connectivity index (χ1v) is 8.16. The van der Waals surface area contributed by atoms with Gasteiger partial charge in [0.15, 0.2) is 0 Å². The molecule has 1 aromatic rings. The zero-order chi connectivity index (χ0) is 14.5. The van der Waals surface area contributed by atoms with Gasteiger partial charge in [0.1, 0.15) is 11.4 Å². The van der Waals surface area contributed by atoms with Gasteiger partial charge in [-0.2, -0.15) is 0 Å². The number of hydrogen-bond acceptors (Lipinski definition) is 4. The maximum atomic E-state index is 6.46. The molecule has 0 bridgehead atoms. The standard InChI is InChI=1S/C17H27N3O/c1-18-9-4-10-20-11-7-17(8-12-20)14-19-13-15-5-2-3-6-16(15)21-17/h2-3,5-6,18-19H,4,7-14H2,1H3. The third-order valence-electron chi connectivity index (χ3n) is 4.73. The van der Waals surface area contributed by atoms with Crippen molar-refractivity contribution >= 4 is 0 Å². The van der Waals surface area contributed by atoms with Gasteiger partial charge in [0.2, 0.25) is 0 Å². The van der Waals surface area contributed by atoms with Gasteiger partial charge in [-0.15, -0.1) is 0 Å². The number of ether oxygens (including phenoxy) is 1. The van der Waals surface area contributed by atoms with Crippen molar-refractivity contribution in [1.29, 1.82) is 0 Å². The predicted molar refractivity (Wildman–Crippen MR) is 85.7 cm³/mol. The Kier molecular flexibility index (Phi) is 4.78. The minimum Gasteiger partial charge on any atom is -0.486 e. The molecule has 2 aliphatic rings. The number of nitrogens with one attached hydrogen (secondary N) is 2. The van der Waals surface area contributed by atoms with E-state index in [-0.39, 0.29) is 5.60 Å². The highest BCUT2D eigenvalue weighted by Gasteiger charge is 2.37. The van der Waals surface area contributed by atoms with Gasteiger partial charge in [-0.05, 0) is 32.6 Å². The van der Waals surface area contributed by atoms with Gasteiger partial charge in [0.25, 0.3) is 0 Å². The third-order valence-corrected chi connectivity index (χ3v) is 4.73. The van der Waals surface area contributed by atoms with Crippen LogP contribution in [0.2, 0.25) is 0 Å². The molecule has 4 nitrogen and oxygen atoms in total. The van der Waals surface area contributed by atoms with Gasteiger partial charge in [-0.25, -0.2) is 0 Å². The Balaban J connectivity index is 1.59. The Morgan fingerprint density at radius 2 is 2.10 bits per heavy atom. The summed E-state index contributed by atoms with van der Waals surface area (Å²) in [6.45, 7) is 6.48. The minimum absolute atomic E-state index is 0.00783. The molecule has 2 heterocycles. The van der Waals surface area contributed by atoms with Crippen LogP contribution in [0.4, 0.5) is 0 Å². The highest BCUT2D eigenvalue weighted by atomic mass is 16.5. The van der Waals surface area contributed by atoms with Crippen LogP contribution in [0.1, 0.15) is 24.8 Å². The number of rotatable bonds is 4. The summed E-state index contributed by atoms with van der Waals surface area (Å²) >= 11 is 0. The van der Waals surface area contributed by atoms with E-state index >= 15 is 0 Å². The molecule has 116 valence electrons. The fraction of sp³-hybridized carbons (Fsp3) is 0.647. The molecule has 1 spiro atoms. The Hall–Kier alpha value is -1.10. The largest absolute Gasteiger partial charge is 0.486 e. The predicted octanol–water partition coefficient (Wildman–Crippen LogP) is 1.61. The van der Waals surface area contributed by atoms with Gasteiger partial charge in [-0.1, -0.05) is 18.2 Å². The second kappa shape index (κ2) is 6.77. The van der Waals surface area contributed by atoms with Crippen LogP contribution in [0.25, 0.3) is 0 Å². The number of fused-ring (bicyclic) bond motifs is 1. The van der Waals surface area contributed by atoms with Crippen LogP contribution in [0.3, 0.4) is 0 Å². The first-order chi connectivity index (χ1) is 10.3. The van der Waals surface area contributed by atoms with E-state index in [1.54, 1.807) is 0 Å². The number of nitrogens with zero attached hydrogens (tertiary/aromatic N) is 1. The first-order valence-electron chi connectivity index (χ1n) is 8.16. The van der Waals surface area contributed by atoms with Crippen LogP contribution in [0.5, 0.6) is 5.75 Å². The Morgan fingerprint density at radius 3 is 2.90 bits per heavy atom. The van der Waals surface area contributed by atoms with Gasteiger partial charge in [0, 0.05) is 44.6 Å². The van der Waals surface area contributed by atoms with Crippen LogP contribution in [-0.2, 0) is 6.54 Å². The summed E-state index contributed by atoms with van der Waals surface area (Å²) in [6.07, 6.45) is 3.47. The second-order valence-corrected chi connectivity index (χ2v) is 6.30. The average Bonchev–Trinajstić information content (AvgIpc) is 2.69. The number of likely N-dealkylation sites (tertiary alicyclic amines) is 1. The quantitative estimate of drug-likeness (QED) is 0.826. The van der Waals surface area contributed by atoms with E-state index < -0.39 is 0 Å². The number of para-hydroxylation sites is 1. The molecule has 1 fully saturated rings. The maximum Gasteiger partial charge on any atom is 0.124 e. The monoisotopic (exact) mass is 289 g/mol. The molecular formula is C17H27N3O. The number of benzene rings is 1. The molecule has 0 unspecified atom stereocenters. The van der Waals surface area contributed by atoms with Crippen molar-refractivity contribution in [3.63, 3.8) is 0 Å². The lowest BCUT2D eigenvalue weighted by Gasteiger charge is -2.41. The summed E-state index contributed by atoms with van der Waals surface area (Å²) in [4.78, 5) is 2.57. The first kappa shape index (κ1) is 14.8. The summed E-state index contributed by atoms with van der Waals surface area (Å²) in [5.41, 5.74) is 1.28. The highest BCUT2D eigenvalue weighted by molar-refractivity contribution is 5.34. The second-order valence-electron chi connectivity index (χ2n) is 6.30. The lowest BCUT2D eigenvalue weighted by atomic mass is 9.91. The molecule has 0 radical (unpaired) electrons. The lowest BCUT2D eigenvalue weighted by Crippen LogP contribution is -2.52. The Morgan fingerprint density at radius 1 is 1.29 bits per heavy atom. The summed E-state index contributed by atoms with van der Waals surface area (Å²) in [7, 11) is 2.02. The van der Waals surface area contributed by atoms with Gasteiger partial charge in [0.05, 0.1) is 0 Å². The molecule has 0 amide bonds. The summed E-state index contributed by atoms with van der Waals surface area (Å²) < 4.78 is 6.46. The molecular weight excluding hydrogens is 262 g/mol. The summed E-state index contributed by atoms with van der Waals surface area (Å²) in [5, 5.41) is 6.80. The zero-order valence-corrected chi connectivity index (χ0v) is 13.0. The molecule has 0 aromatic heterocycles. The fourth-order valence-electron chi connectivity index (χ4n) is 3.39. The normalized spacial score (nSPS) is 21.6. The van der Waals surface area contributed by atoms with Crippen LogP contribution < -0.4 is 15.4 Å². The van der Waals surface area contributed by atoms with Crippen molar-refractivity contribution in [2.75, 3.05) is 39.8 Å². The highest BCUT2D eigenvalue weighted by Crippen LogP contribution is 2.32. The van der Waals surface area contributed by atoms with Crippen molar-refractivity contribution in [2.45, 2.75) is 31.4 Å². The lowest BCUT2D eigenvalue weighted by molar-refractivity contribution is 0.00581. The van der Waals surface area contributed by atoms with E-state index in [9.17, 15) is 0 Å². The topological polar surface area (TPSA) is 36.5 Å². The van der Waals surface area contributed by atoms with E-state index in [4.69, 9.17) is 4.74 Å². The minimum atomic E-state index is -0.00783. The molecule has 0 atom stereocenters. The van der Waals surface area contributed by atoms with Crippen molar-refractivity contribution < 1.29 is 4.74 Å². The molecule has 4 heteroatoms. The molecule has 1 saturated heterocycles. The van der Waals surface area contributed by atoms with E-state index in [2.05, 4.69) is 39.8 Å². The third kappa shape index (κ3) is 3.57. The van der Waals surface area contributed by atoms with Crippen molar-refractivity contribution in [2.24, 2.45) is 0 Å². The van der Waals surface area contributed by atoms with Gasteiger partial charge < -0.3 is 20.3 Å². The van der Waals surface area contributed by atoms with E-state index in [1.807, 2.05) is 7.05 Å². The Bertz CT molecular complexity index is 455. The number of hydrogen-bond donors (Lipinski definition) is 2. The molecule has 3 rings (SSSR count). The van der Waals surface area contributed by atoms with Crippen molar-refractivity contribution in [3.8, 4) is 5.75 Å². The molecule has 2 N–H and O–H groups in total. The fourth-order valence-corrected chi connectivity index (χ4v) is 3.39. The molecule has 21 heavy (non-hydrogen) atoms. The van der Waals surface area contributed by atoms with E-state index in [1.165, 1.54) is 18.5 Å². The SMILES string of the molecule is CNCCCN1CCC2(CC1)CNCc1ccccc1O2. The molecule has 0 aliphatic carbocycles. The van der Waals surface area contributed by atoms with Crippen molar-refractivity contribution in [1.82, 2.24) is 15.5 Å². The smallest absolute Gasteiger partial charge is 0.124 e. The number of piperidine rings is 1. The van der Waals surface area contributed by atoms with Gasteiger partial charge in [-0.3, -0.25) is 0 Å². The zero-order valence-electron chi connectivity index (χ0n) is 13.0. The van der Waals surface area contributed by atoms with E-state index in [0.29, 0.717) is 0 Å². The van der Waals surface area contributed by atoms with Crippen LogP contribution in [0, 0.1) is 0 Å². The average molecular weight is 289 g/mol. The molecule has 1 aromatic carbocycles. The maximum absolute atomic E-state index is 6.46. The van der Waals surface area contributed by atoms with Crippen molar-refractivity contribution in [3.05, 3.63) is 29.8 Å². The Labute approximate surface area is 127 Å². The van der Waals surface area contributed by atoms with Crippen LogP contribution in [-0.4, -0.2) is 50.3 Å². The van der Waals surface area contributed by atoms with E-state index in [0.717, 1.165) is 51.3 Å². The van der Waals surface area contributed by atoms with Crippen LogP contribution >= 0.6 is 0 Å². The molecule has 2 aliphatic heterocycles.